The molecule has 0 bridgehead atoms. The predicted octanol–water partition coefficient (Wildman–Crippen LogP) is 11.2. The lowest BCUT2D eigenvalue weighted by atomic mass is 9.96. The average Bonchev–Trinajstić information content (AvgIpc) is 4.11. The van der Waals surface area contributed by atoms with Crippen LogP contribution in [-0.2, 0) is 0 Å². The topological polar surface area (TPSA) is 22.0 Å². The van der Waals surface area contributed by atoms with Crippen LogP contribution >= 0.6 is 0 Å². The van der Waals surface area contributed by atoms with Gasteiger partial charge in [0.25, 0.3) is 0 Å². The van der Waals surface area contributed by atoms with Crippen LogP contribution in [0.15, 0.2) is 186 Å². The van der Waals surface area contributed by atoms with Crippen LogP contribution in [-0.4, -0.2) is 16.9 Å². The molecule has 15 rings (SSSR count). The molecule has 9 aromatic carbocycles. The van der Waals surface area contributed by atoms with Gasteiger partial charge in [0.05, 0.1) is 33.1 Å². The van der Waals surface area contributed by atoms with Crippen LogP contribution in [0.4, 0.5) is 0 Å². The number of benzene rings is 9. The molecule has 0 atom stereocenters. The van der Waals surface area contributed by atoms with Crippen molar-refractivity contribution in [2.45, 2.75) is 0 Å². The third-order valence-corrected chi connectivity index (χ3v) is 18.7. The molecule has 14 aromatic rings. The lowest BCUT2D eigenvalue weighted by Crippen LogP contribution is -2.72. The largest absolute Gasteiger partial charge is 0.456 e. The van der Waals surface area contributed by atoms with Crippen LogP contribution in [0.3, 0.4) is 0 Å². The van der Waals surface area contributed by atoms with Crippen molar-refractivity contribution < 1.29 is 4.42 Å². The molecule has 266 valence electrons. The summed E-state index contributed by atoms with van der Waals surface area (Å²) in [5.41, 5.74) is 12.1. The van der Waals surface area contributed by atoms with Gasteiger partial charge in [-0.2, -0.15) is 0 Å². The maximum absolute atomic E-state index is 6.57. The van der Waals surface area contributed by atoms with Crippen molar-refractivity contribution in [3.05, 3.63) is 182 Å². The number of furan rings is 1. The van der Waals surface area contributed by atoms with Gasteiger partial charge >= 0.3 is 0 Å². The Hall–Kier alpha value is -7.40. The molecule has 5 aromatic heterocycles. The molecule has 0 amide bonds. The molecule has 3 nitrogen and oxygen atoms in total. The third kappa shape index (κ3) is 3.23. The highest BCUT2D eigenvalue weighted by Crippen LogP contribution is 2.53. The second-order valence-corrected chi connectivity index (χ2v) is 20.0. The van der Waals surface area contributed by atoms with E-state index < -0.39 is 8.07 Å². The summed E-state index contributed by atoms with van der Waals surface area (Å²) in [7, 11) is -2.72. The standard InChI is InChI=1S/C54H30N2OSi/c1-3-15-31(16-4-1)58(32-17-5-2-6-18-32)47-26-14-10-20-34(47)38-28-40-44(30-48(38)58)56-42-24-12-8-22-36(42)50-49-35-21-7-11-23-41(35)55-43-29-46-37(33-19-9-13-25-45(33)57-46)27-39(43)51(53(49)55)52(40)54(50)56/h1-30H. The molecule has 0 fully saturated rings. The minimum Gasteiger partial charge on any atom is -0.456 e. The Balaban J connectivity index is 1.23. The Morgan fingerprint density at radius 1 is 0.328 bits per heavy atom. The maximum atomic E-state index is 6.57. The summed E-state index contributed by atoms with van der Waals surface area (Å²) in [6.45, 7) is 0. The van der Waals surface area contributed by atoms with Gasteiger partial charge in [-0.15, -0.1) is 0 Å². The molecule has 0 unspecified atom stereocenters. The van der Waals surface area contributed by atoms with E-state index in [0.29, 0.717) is 0 Å². The van der Waals surface area contributed by atoms with Gasteiger partial charge in [-0.25, -0.2) is 0 Å². The number of nitrogens with zero attached hydrogens (tertiary/aromatic N) is 2. The summed E-state index contributed by atoms with van der Waals surface area (Å²) in [5.74, 6) is 0. The first-order chi connectivity index (χ1) is 28.8. The predicted molar refractivity (Wildman–Crippen MR) is 246 cm³/mol. The molecule has 58 heavy (non-hydrogen) atoms. The Morgan fingerprint density at radius 3 is 1.52 bits per heavy atom. The van der Waals surface area contributed by atoms with Crippen LogP contribution < -0.4 is 20.7 Å². The van der Waals surface area contributed by atoms with Gasteiger partial charge in [0, 0.05) is 59.9 Å². The fourth-order valence-corrected chi connectivity index (χ4v) is 16.9. The van der Waals surface area contributed by atoms with Crippen molar-refractivity contribution in [1.29, 1.82) is 0 Å². The third-order valence-electron chi connectivity index (χ3n) is 13.8. The lowest BCUT2D eigenvalue weighted by molar-refractivity contribution is 0.669. The summed E-state index contributed by atoms with van der Waals surface area (Å²) in [6, 6.07) is 68.5. The van der Waals surface area contributed by atoms with Crippen LogP contribution in [0.25, 0.3) is 109 Å². The summed E-state index contributed by atoms with van der Waals surface area (Å²) in [5, 5.41) is 18.6. The van der Waals surface area contributed by atoms with Gasteiger partial charge in [-0.1, -0.05) is 140 Å². The van der Waals surface area contributed by atoms with Gasteiger partial charge in [-0.05, 0) is 68.3 Å². The van der Waals surface area contributed by atoms with Crippen molar-refractivity contribution in [3.8, 4) is 11.1 Å². The zero-order valence-corrected chi connectivity index (χ0v) is 32.1. The fraction of sp³-hybridized carbons (Fsp3) is 0. The van der Waals surface area contributed by atoms with Crippen LogP contribution in [0.2, 0.25) is 0 Å². The molecule has 0 saturated heterocycles. The van der Waals surface area contributed by atoms with Crippen molar-refractivity contribution in [3.63, 3.8) is 0 Å². The highest BCUT2D eigenvalue weighted by Gasteiger charge is 2.49. The number of aromatic nitrogens is 2. The first-order valence-electron chi connectivity index (χ1n) is 20.2. The summed E-state index contributed by atoms with van der Waals surface area (Å²) in [4.78, 5) is 0. The second-order valence-electron chi connectivity index (χ2n) is 16.3. The molecule has 0 saturated carbocycles. The molecule has 0 spiro atoms. The quantitative estimate of drug-likeness (QED) is 0.161. The number of rotatable bonds is 2. The Kier molecular flexibility index (Phi) is 5.20. The first kappa shape index (κ1) is 29.8. The molecular weight excluding hydrogens is 721 g/mol. The van der Waals surface area contributed by atoms with Crippen molar-refractivity contribution in [1.82, 2.24) is 8.80 Å². The maximum Gasteiger partial charge on any atom is 0.180 e. The number of hydrogen-bond acceptors (Lipinski definition) is 1. The molecule has 6 heterocycles. The molecule has 0 aliphatic carbocycles. The van der Waals surface area contributed by atoms with E-state index in [4.69, 9.17) is 4.42 Å². The smallest absolute Gasteiger partial charge is 0.180 e. The molecule has 0 N–H and O–H groups in total. The minimum atomic E-state index is -2.72. The van der Waals surface area contributed by atoms with Gasteiger partial charge in [0.15, 0.2) is 8.07 Å². The number of fused-ring (bicyclic) bond motifs is 20. The SMILES string of the molecule is c1ccc([Si]2(c3ccccc3)c3ccccc3-c3cc4c5c6c7cc8c(cc7n7c9ccccc9c(c9c%10ccccc%10n(c4cc32)c95)c67)oc2ccccc28)cc1. The Morgan fingerprint density at radius 2 is 0.845 bits per heavy atom. The van der Waals surface area contributed by atoms with E-state index in [9.17, 15) is 0 Å². The Bertz CT molecular complexity index is 4040. The highest BCUT2D eigenvalue weighted by molar-refractivity contribution is 7.22. The van der Waals surface area contributed by atoms with E-state index in [0.717, 1.165) is 21.9 Å². The van der Waals surface area contributed by atoms with Gasteiger partial charge in [0.1, 0.15) is 11.2 Å². The van der Waals surface area contributed by atoms with E-state index >= 15 is 0 Å². The van der Waals surface area contributed by atoms with E-state index in [1.807, 2.05) is 0 Å². The van der Waals surface area contributed by atoms with Crippen LogP contribution in [0, 0.1) is 0 Å². The summed E-state index contributed by atoms with van der Waals surface area (Å²) in [6.07, 6.45) is 0. The second kappa shape index (κ2) is 10.1. The highest BCUT2D eigenvalue weighted by atomic mass is 28.3. The molecule has 4 heteroatoms. The average molecular weight is 751 g/mol. The molecule has 1 aliphatic heterocycles. The van der Waals surface area contributed by atoms with Crippen LogP contribution in [0.1, 0.15) is 0 Å². The molecule has 1 aliphatic rings. The van der Waals surface area contributed by atoms with E-state index in [-0.39, 0.29) is 0 Å². The summed E-state index contributed by atoms with van der Waals surface area (Å²) < 4.78 is 11.7. The van der Waals surface area contributed by atoms with Crippen LogP contribution in [0.5, 0.6) is 0 Å². The van der Waals surface area contributed by atoms with E-state index in [1.54, 1.807) is 0 Å². The normalized spacial score (nSPS) is 14.0. The van der Waals surface area contributed by atoms with Gasteiger partial charge < -0.3 is 13.2 Å². The minimum absolute atomic E-state index is 0.924. The van der Waals surface area contributed by atoms with Crippen molar-refractivity contribution in [2.24, 2.45) is 0 Å². The van der Waals surface area contributed by atoms with E-state index in [2.05, 4.69) is 191 Å². The number of hydrogen-bond donors (Lipinski definition) is 0. The van der Waals surface area contributed by atoms with E-state index in [1.165, 1.54) is 108 Å². The summed E-state index contributed by atoms with van der Waals surface area (Å²) >= 11 is 0. The zero-order chi connectivity index (χ0) is 37.4. The monoisotopic (exact) mass is 750 g/mol. The molecule has 0 radical (unpaired) electrons. The van der Waals surface area contributed by atoms with Gasteiger partial charge in [0.2, 0.25) is 0 Å². The van der Waals surface area contributed by atoms with Crippen molar-refractivity contribution >= 4 is 127 Å². The van der Waals surface area contributed by atoms with Gasteiger partial charge in [-0.3, -0.25) is 0 Å². The first-order valence-corrected chi connectivity index (χ1v) is 22.2. The fourth-order valence-electron chi connectivity index (χ4n) is 11.7. The number of para-hydroxylation sites is 3. The Labute approximate surface area is 331 Å². The molecular formula is C54H30N2OSi. The lowest BCUT2D eigenvalue weighted by Gasteiger charge is -2.31. The van der Waals surface area contributed by atoms with Crippen molar-refractivity contribution in [2.75, 3.05) is 0 Å². The zero-order valence-electron chi connectivity index (χ0n) is 31.1.